The molecule has 4 aliphatic rings. The molecule has 18 aromatic rings. The third-order valence-corrected chi connectivity index (χ3v) is 26.7. The molecule has 0 N–H and O–H groups in total. The molecule has 22 rings (SSSR count). The van der Waals surface area contributed by atoms with Gasteiger partial charge in [0.1, 0.15) is 0 Å². The van der Waals surface area contributed by atoms with E-state index in [0.717, 1.165) is 141 Å². The van der Waals surface area contributed by atoms with Crippen LogP contribution >= 0.6 is 11.8 Å². The molecule has 4 heterocycles. The zero-order valence-electron chi connectivity index (χ0n) is 70.3. The molecular formula is C116H89B2N5S. The van der Waals surface area contributed by atoms with Crippen molar-refractivity contribution in [2.45, 2.75) is 62.2 Å². The minimum absolute atomic E-state index is 0.0826. The fourth-order valence-electron chi connectivity index (χ4n) is 19.7. The van der Waals surface area contributed by atoms with Crippen molar-refractivity contribution >= 4 is 143 Å². The van der Waals surface area contributed by atoms with E-state index >= 15 is 0 Å². The minimum Gasteiger partial charge on any atom is -0.311 e. The standard InChI is InChI=1S/C116H89B2N5S/c1-115(2,3)86-64-56-84(57-65-86)96-48-33-49-97(85-58-66-87(67-59-85)116(4,5)6)114(96)123-106-77-110-101(118-99-51-28-32-55-105(99)122(89-44-23-12-24-45-89)109-74-93(75-111(124-110)113(109)118)120(91-70-62-81(63-71-91)79-36-15-8-16-37-79)103-53-30-26-47-95(103)83-40-19-10-20-41-83)76-100(106)117-98-50-27-31-54-104(98)121(88-42-21-11-22-43-88)107-72-92(73-108(123)112(107)117)119(90-68-60-80(61-69-90)78-34-13-7-14-35-78)102-52-29-25-46-94(102)82-38-17-9-18-39-82/h7-77H,1-6H3. The van der Waals surface area contributed by atoms with Crippen LogP contribution < -0.4 is 57.3 Å². The first kappa shape index (κ1) is 75.6. The molecule has 18 aromatic carbocycles. The van der Waals surface area contributed by atoms with Crippen molar-refractivity contribution < 1.29 is 0 Å². The first-order chi connectivity index (χ1) is 60.8. The minimum atomic E-state index is -0.269. The monoisotopic (exact) mass is 1610 g/mol. The zero-order chi connectivity index (χ0) is 83.3. The Morgan fingerprint density at radius 2 is 0.565 bits per heavy atom. The van der Waals surface area contributed by atoms with Gasteiger partial charge < -0.3 is 24.5 Å². The fraction of sp³-hybridized carbons (Fsp3) is 0.0690. The maximum atomic E-state index is 2.75. The summed E-state index contributed by atoms with van der Waals surface area (Å²) in [6, 6.07) is 162. The van der Waals surface area contributed by atoms with Crippen LogP contribution in [0.3, 0.4) is 0 Å². The number of benzene rings is 18. The lowest BCUT2D eigenvalue weighted by molar-refractivity contribution is 0.590. The van der Waals surface area contributed by atoms with Gasteiger partial charge in [0.2, 0.25) is 6.71 Å². The van der Waals surface area contributed by atoms with Gasteiger partial charge in [-0.2, -0.15) is 0 Å². The Hall–Kier alpha value is -14.6. The molecule has 0 bridgehead atoms. The molecule has 124 heavy (non-hydrogen) atoms. The van der Waals surface area contributed by atoms with Crippen molar-refractivity contribution in [3.05, 3.63) is 442 Å². The second kappa shape index (κ2) is 30.8. The van der Waals surface area contributed by atoms with E-state index in [1.54, 1.807) is 0 Å². The van der Waals surface area contributed by atoms with Gasteiger partial charge in [-0.1, -0.05) is 386 Å². The molecule has 0 spiro atoms. The summed E-state index contributed by atoms with van der Waals surface area (Å²) in [6.07, 6.45) is 0. The van der Waals surface area contributed by atoms with Gasteiger partial charge in [-0.15, -0.1) is 0 Å². The van der Waals surface area contributed by atoms with Gasteiger partial charge in [0.05, 0.1) is 22.7 Å². The van der Waals surface area contributed by atoms with Gasteiger partial charge in [0.15, 0.2) is 0 Å². The van der Waals surface area contributed by atoms with Crippen LogP contribution in [0.5, 0.6) is 0 Å². The highest BCUT2D eigenvalue weighted by Gasteiger charge is 2.49. The third-order valence-electron chi connectivity index (χ3n) is 25.6. The number of hydrogen-bond acceptors (Lipinski definition) is 6. The predicted octanol–water partition coefficient (Wildman–Crippen LogP) is 28.1. The van der Waals surface area contributed by atoms with Crippen LogP contribution in [0.1, 0.15) is 52.7 Å². The van der Waals surface area contributed by atoms with E-state index < -0.39 is 0 Å². The molecule has 4 aliphatic heterocycles. The summed E-state index contributed by atoms with van der Waals surface area (Å²) in [5.74, 6) is 0. The van der Waals surface area contributed by atoms with Crippen molar-refractivity contribution in [3.8, 4) is 66.8 Å². The molecule has 0 unspecified atom stereocenters. The molecule has 0 saturated carbocycles. The highest BCUT2D eigenvalue weighted by Crippen LogP contribution is 2.56. The first-order valence-electron chi connectivity index (χ1n) is 43.3. The van der Waals surface area contributed by atoms with E-state index in [0.29, 0.717) is 0 Å². The van der Waals surface area contributed by atoms with Gasteiger partial charge in [-0.3, -0.25) is 0 Å². The number of fused-ring (bicyclic) bond motifs is 8. The van der Waals surface area contributed by atoms with Gasteiger partial charge in [0, 0.05) is 94.6 Å². The Balaban J connectivity index is 0.857. The van der Waals surface area contributed by atoms with Crippen LogP contribution in [0.25, 0.3) is 66.8 Å². The molecule has 0 fully saturated rings. The summed E-state index contributed by atoms with van der Waals surface area (Å²) < 4.78 is 0. The number of hydrogen-bond donors (Lipinski definition) is 0. The largest absolute Gasteiger partial charge is 0.311 e. The average molecular weight is 1610 g/mol. The molecule has 0 saturated heterocycles. The van der Waals surface area contributed by atoms with Gasteiger partial charge in [0.25, 0.3) is 6.71 Å². The lowest BCUT2D eigenvalue weighted by Crippen LogP contribution is -2.64. The molecule has 0 amide bonds. The highest BCUT2D eigenvalue weighted by atomic mass is 32.2. The average Bonchev–Trinajstić information content (AvgIpc) is 0.680. The first-order valence-corrected chi connectivity index (χ1v) is 44.1. The smallest absolute Gasteiger partial charge is 0.252 e. The zero-order valence-corrected chi connectivity index (χ0v) is 71.1. The quantitative estimate of drug-likeness (QED) is 0.0944. The second-order valence-corrected chi connectivity index (χ2v) is 36.2. The maximum absolute atomic E-state index is 2.75. The lowest BCUT2D eigenvalue weighted by atomic mass is 9.31. The molecular weight excluding hydrogens is 1520 g/mol. The van der Waals surface area contributed by atoms with Crippen LogP contribution in [0.2, 0.25) is 0 Å². The summed E-state index contributed by atoms with van der Waals surface area (Å²) >= 11 is 1.92. The van der Waals surface area contributed by atoms with Crippen molar-refractivity contribution in [1.29, 1.82) is 0 Å². The summed E-state index contributed by atoms with van der Waals surface area (Å²) in [5, 5.41) is 0. The molecule has 0 aliphatic carbocycles. The number of nitrogens with zero attached hydrogens (tertiary/aromatic N) is 5. The van der Waals surface area contributed by atoms with E-state index in [1.165, 1.54) is 64.8 Å². The summed E-state index contributed by atoms with van der Waals surface area (Å²) in [4.78, 5) is 15.3. The van der Waals surface area contributed by atoms with Crippen LogP contribution in [0, 0.1) is 0 Å². The summed E-state index contributed by atoms with van der Waals surface area (Å²) in [6.45, 7) is 13.4. The van der Waals surface area contributed by atoms with Gasteiger partial charge in [-0.05, 0) is 197 Å². The van der Waals surface area contributed by atoms with Gasteiger partial charge >= 0.3 is 0 Å². The number of anilines is 15. The van der Waals surface area contributed by atoms with Crippen LogP contribution in [0.4, 0.5) is 85.3 Å². The van der Waals surface area contributed by atoms with Crippen LogP contribution in [-0.2, 0) is 10.8 Å². The van der Waals surface area contributed by atoms with Crippen molar-refractivity contribution in [3.63, 3.8) is 0 Å². The van der Waals surface area contributed by atoms with E-state index in [-0.39, 0.29) is 24.3 Å². The maximum Gasteiger partial charge on any atom is 0.252 e. The van der Waals surface area contributed by atoms with E-state index in [1.807, 2.05) is 11.8 Å². The predicted molar refractivity (Wildman–Crippen MR) is 530 cm³/mol. The molecule has 0 atom stereocenters. The van der Waals surface area contributed by atoms with Crippen molar-refractivity contribution in [1.82, 2.24) is 0 Å². The third kappa shape index (κ3) is 13.2. The Labute approximate surface area is 733 Å². The molecule has 0 aromatic heterocycles. The van der Waals surface area contributed by atoms with Crippen LogP contribution in [0.15, 0.2) is 441 Å². The number of para-hydroxylation sites is 7. The van der Waals surface area contributed by atoms with Crippen molar-refractivity contribution in [2.75, 3.05) is 24.5 Å². The molecule has 5 nitrogen and oxygen atoms in total. The van der Waals surface area contributed by atoms with Gasteiger partial charge in [-0.25, -0.2) is 0 Å². The highest BCUT2D eigenvalue weighted by molar-refractivity contribution is 8.00. The fourth-order valence-corrected chi connectivity index (χ4v) is 20.9. The Morgan fingerprint density at radius 3 is 1.01 bits per heavy atom. The normalized spacial score (nSPS) is 12.8. The molecule has 590 valence electrons. The Bertz CT molecular complexity index is 7000. The Kier molecular flexibility index (Phi) is 18.8. The van der Waals surface area contributed by atoms with Crippen LogP contribution in [-0.4, -0.2) is 13.4 Å². The van der Waals surface area contributed by atoms with E-state index in [4.69, 9.17) is 0 Å². The molecule has 8 heteroatoms. The SMILES string of the molecule is CC(C)(C)c1ccc(-c2cccc(-c3ccc(C(C)(C)C)cc3)c2N2c3cc4c(cc3B3c5ccccc5N(c5ccccc5)c5cc(N(c6ccc(-c7ccccc7)cc6)c6ccccc6-c6ccccc6)cc2c53)B2c3ccccc3N(c3ccccc3)c3cc(N(c5ccc(-c6ccccc6)cc5)c5ccccc5-c5ccccc5)cc(c32)S4)cc1. The molecule has 0 radical (unpaired) electrons. The van der Waals surface area contributed by atoms with E-state index in [9.17, 15) is 0 Å². The Morgan fingerprint density at radius 1 is 0.226 bits per heavy atom. The lowest BCUT2D eigenvalue weighted by Gasteiger charge is -2.46. The summed E-state index contributed by atoms with van der Waals surface area (Å²) in [7, 11) is 0. The van der Waals surface area contributed by atoms with Crippen molar-refractivity contribution in [2.24, 2.45) is 0 Å². The second-order valence-electron chi connectivity index (χ2n) is 35.1. The number of rotatable bonds is 15. The summed E-state index contributed by atoms with van der Waals surface area (Å²) in [5.41, 5.74) is 39.9. The van der Waals surface area contributed by atoms with E-state index in [2.05, 4.69) is 497 Å². The topological polar surface area (TPSA) is 16.2 Å².